The van der Waals surface area contributed by atoms with E-state index in [4.69, 9.17) is 0 Å². The molecule has 3 amide bonds. The molecular weight excluding hydrogens is 292 g/mol. The van der Waals surface area contributed by atoms with Crippen LogP contribution in [0.4, 0.5) is 0 Å². The minimum absolute atomic E-state index is 0.197. The number of unbranched alkanes of at least 4 members (excludes halogenated alkanes) is 1. The van der Waals surface area contributed by atoms with Crippen LogP contribution >= 0.6 is 0 Å². The lowest BCUT2D eigenvalue weighted by molar-refractivity contribution is 0.0693. The summed E-state index contributed by atoms with van der Waals surface area (Å²) < 4.78 is 0. The average molecular weight is 316 g/mol. The van der Waals surface area contributed by atoms with Crippen molar-refractivity contribution in [2.75, 3.05) is 13.6 Å². The summed E-state index contributed by atoms with van der Waals surface area (Å²) in [5.74, 6) is -0.392. The summed E-state index contributed by atoms with van der Waals surface area (Å²) in [6.07, 6.45) is 4.45. The lowest BCUT2D eigenvalue weighted by Gasteiger charge is -2.15. The van der Waals surface area contributed by atoms with Gasteiger partial charge in [0, 0.05) is 19.2 Å². The van der Waals surface area contributed by atoms with Crippen LogP contribution in [0.25, 0.3) is 0 Å². The second-order valence-corrected chi connectivity index (χ2v) is 6.06. The third-order valence-electron chi connectivity index (χ3n) is 4.45. The van der Waals surface area contributed by atoms with Crippen molar-refractivity contribution in [3.8, 4) is 0 Å². The molecule has 5 heteroatoms. The van der Waals surface area contributed by atoms with Crippen LogP contribution in [0.1, 0.15) is 70.6 Å². The van der Waals surface area contributed by atoms with Crippen LogP contribution in [0, 0.1) is 5.92 Å². The molecule has 0 saturated carbocycles. The average Bonchev–Trinajstić information content (AvgIpc) is 2.79. The normalized spacial score (nSPS) is 14.8. The van der Waals surface area contributed by atoms with Crippen LogP contribution in [0.2, 0.25) is 0 Å². The molecule has 0 fully saturated rings. The minimum Gasteiger partial charge on any atom is -0.352 e. The smallest absolute Gasteiger partial charge is 0.261 e. The predicted molar refractivity (Wildman–Crippen MR) is 88.5 cm³/mol. The molecule has 0 radical (unpaired) electrons. The van der Waals surface area contributed by atoms with E-state index in [1.54, 1.807) is 12.1 Å². The Labute approximate surface area is 137 Å². The molecule has 1 aliphatic heterocycles. The SMILES string of the molecule is CCCCC(CC)CNC(=O)c1ccc2c(c1)C(=O)N(C)C2=O. The van der Waals surface area contributed by atoms with E-state index in [-0.39, 0.29) is 17.7 Å². The quantitative estimate of drug-likeness (QED) is 0.787. The monoisotopic (exact) mass is 316 g/mol. The number of rotatable bonds is 7. The Morgan fingerprint density at radius 3 is 2.52 bits per heavy atom. The van der Waals surface area contributed by atoms with Gasteiger partial charge in [-0.2, -0.15) is 0 Å². The van der Waals surface area contributed by atoms with Crippen molar-refractivity contribution < 1.29 is 14.4 Å². The van der Waals surface area contributed by atoms with Crippen LogP contribution in [0.3, 0.4) is 0 Å². The zero-order valence-corrected chi connectivity index (χ0v) is 14.0. The zero-order chi connectivity index (χ0) is 17.0. The minimum atomic E-state index is -0.353. The van der Waals surface area contributed by atoms with Crippen LogP contribution in [0.15, 0.2) is 18.2 Å². The maximum atomic E-state index is 12.3. The predicted octanol–water partition coefficient (Wildman–Crippen LogP) is 2.86. The number of hydrogen-bond donors (Lipinski definition) is 1. The Hall–Kier alpha value is -2.17. The highest BCUT2D eigenvalue weighted by Crippen LogP contribution is 2.22. The number of carbonyl (C=O) groups is 3. The lowest BCUT2D eigenvalue weighted by atomic mass is 9.99. The van der Waals surface area contributed by atoms with Crippen molar-refractivity contribution in [3.05, 3.63) is 34.9 Å². The van der Waals surface area contributed by atoms with E-state index in [0.29, 0.717) is 29.2 Å². The van der Waals surface area contributed by atoms with Gasteiger partial charge in [0.1, 0.15) is 0 Å². The molecule has 1 aliphatic rings. The molecular formula is C18H24N2O3. The van der Waals surface area contributed by atoms with Gasteiger partial charge in [0.15, 0.2) is 0 Å². The number of fused-ring (bicyclic) bond motifs is 1. The van der Waals surface area contributed by atoms with Gasteiger partial charge in [-0.3, -0.25) is 19.3 Å². The summed E-state index contributed by atoms with van der Waals surface area (Å²) in [4.78, 5) is 37.2. The lowest BCUT2D eigenvalue weighted by Crippen LogP contribution is -2.29. The van der Waals surface area contributed by atoms with Gasteiger partial charge in [-0.15, -0.1) is 0 Å². The van der Waals surface area contributed by atoms with Gasteiger partial charge in [0.25, 0.3) is 17.7 Å². The van der Waals surface area contributed by atoms with E-state index in [9.17, 15) is 14.4 Å². The first-order valence-corrected chi connectivity index (χ1v) is 8.24. The maximum Gasteiger partial charge on any atom is 0.261 e. The summed E-state index contributed by atoms with van der Waals surface area (Å²) >= 11 is 0. The largest absolute Gasteiger partial charge is 0.352 e. The molecule has 0 aliphatic carbocycles. The van der Waals surface area contributed by atoms with Gasteiger partial charge >= 0.3 is 0 Å². The van der Waals surface area contributed by atoms with Gasteiger partial charge in [-0.25, -0.2) is 0 Å². The summed E-state index contributed by atoms with van der Waals surface area (Å²) in [5, 5.41) is 2.94. The molecule has 5 nitrogen and oxygen atoms in total. The first kappa shape index (κ1) is 17.2. The van der Waals surface area contributed by atoms with Crippen molar-refractivity contribution in [1.29, 1.82) is 0 Å². The fraction of sp³-hybridized carbons (Fsp3) is 0.500. The first-order valence-electron chi connectivity index (χ1n) is 8.24. The molecule has 0 bridgehead atoms. The van der Waals surface area contributed by atoms with Crippen LogP contribution in [-0.4, -0.2) is 36.2 Å². The van der Waals surface area contributed by atoms with Crippen LogP contribution < -0.4 is 5.32 Å². The Bertz CT molecular complexity index is 625. The number of carbonyl (C=O) groups excluding carboxylic acids is 3. The summed E-state index contributed by atoms with van der Waals surface area (Å²) in [7, 11) is 1.45. The van der Waals surface area contributed by atoms with Crippen molar-refractivity contribution in [2.24, 2.45) is 5.92 Å². The molecule has 1 aromatic carbocycles. The molecule has 0 aromatic heterocycles. The van der Waals surface area contributed by atoms with Crippen molar-refractivity contribution in [1.82, 2.24) is 10.2 Å². The zero-order valence-electron chi connectivity index (χ0n) is 14.0. The van der Waals surface area contributed by atoms with Gasteiger partial charge in [0.05, 0.1) is 11.1 Å². The van der Waals surface area contributed by atoms with Crippen molar-refractivity contribution >= 4 is 17.7 Å². The molecule has 1 heterocycles. The number of imide groups is 1. The Morgan fingerprint density at radius 2 is 1.87 bits per heavy atom. The van der Waals surface area contributed by atoms with E-state index >= 15 is 0 Å². The van der Waals surface area contributed by atoms with Gasteiger partial charge in [-0.1, -0.05) is 33.1 Å². The van der Waals surface area contributed by atoms with E-state index < -0.39 is 0 Å². The molecule has 1 unspecified atom stereocenters. The number of benzene rings is 1. The maximum absolute atomic E-state index is 12.3. The Morgan fingerprint density at radius 1 is 1.17 bits per heavy atom. The fourth-order valence-electron chi connectivity index (χ4n) is 2.78. The third kappa shape index (κ3) is 3.60. The topological polar surface area (TPSA) is 66.5 Å². The first-order chi connectivity index (χ1) is 11.0. The Kier molecular flexibility index (Phi) is 5.53. The molecule has 124 valence electrons. The highest BCUT2D eigenvalue weighted by Gasteiger charge is 2.33. The molecule has 1 aromatic rings. The van der Waals surface area contributed by atoms with Crippen molar-refractivity contribution in [2.45, 2.75) is 39.5 Å². The number of nitrogens with one attached hydrogen (secondary N) is 1. The number of nitrogens with zero attached hydrogens (tertiary/aromatic N) is 1. The Balaban J connectivity index is 2.04. The van der Waals surface area contributed by atoms with Crippen LogP contribution in [0.5, 0.6) is 0 Å². The number of hydrogen-bond acceptors (Lipinski definition) is 3. The van der Waals surface area contributed by atoms with Gasteiger partial charge in [0.2, 0.25) is 0 Å². The molecule has 0 saturated heterocycles. The van der Waals surface area contributed by atoms with E-state index in [1.807, 2.05) is 0 Å². The summed E-state index contributed by atoms with van der Waals surface area (Å²) in [6.45, 7) is 4.92. The van der Waals surface area contributed by atoms with Crippen molar-refractivity contribution in [3.63, 3.8) is 0 Å². The van der Waals surface area contributed by atoms with Gasteiger partial charge < -0.3 is 5.32 Å². The third-order valence-corrected chi connectivity index (χ3v) is 4.45. The van der Waals surface area contributed by atoms with Gasteiger partial charge in [-0.05, 0) is 30.5 Å². The molecule has 0 spiro atoms. The molecule has 23 heavy (non-hydrogen) atoms. The standard InChI is InChI=1S/C18H24N2O3/c1-4-6-7-12(5-2)11-19-16(21)13-8-9-14-15(10-13)18(23)20(3)17(14)22/h8-10,12H,4-7,11H2,1-3H3,(H,19,21). The molecule has 1 N–H and O–H groups in total. The van der Waals surface area contributed by atoms with E-state index in [2.05, 4.69) is 19.2 Å². The second kappa shape index (κ2) is 7.40. The summed E-state index contributed by atoms with van der Waals surface area (Å²) in [6, 6.07) is 4.68. The van der Waals surface area contributed by atoms with Crippen LogP contribution in [-0.2, 0) is 0 Å². The van der Waals surface area contributed by atoms with E-state index in [0.717, 1.165) is 30.6 Å². The molecule has 2 rings (SSSR count). The second-order valence-electron chi connectivity index (χ2n) is 6.06. The molecule has 1 atom stereocenters. The van der Waals surface area contributed by atoms with E-state index in [1.165, 1.54) is 13.1 Å². The number of amides is 3. The summed E-state index contributed by atoms with van der Waals surface area (Å²) in [5.41, 5.74) is 1.09. The fourth-order valence-corrected chi connectivity index (χ4v) is 2.78. The highest BCUT2D eigenvalue weighted by atomic mass is 16.2. The highest BCUT2D eigenvalue weighted by molar-refractivity contribution is 6.21.